The van der Waals surface area contributed by atoms with Crippen molar-refractivity contribution in [1.29, 1.82) is 0 Å². The molecule has 2 N–H and O–H groups in total. The quantitative estimate of drug-likeness (QED) is 0.866. The van der Waals surface area contributed by atoms with Crippen molar-refractivity contribution >= 4 is 5.91 Å². The summed E-state index contributed by atoms with van der Waals surface area (Å²) in [5.41, 5.74) is -0.837. The van der Waals surface area contributed by atoms with Crippen LogP contribution < -0.4 is 10.1 Å². The zero-order chi connectivity index (χ0) is 14.6. The summed E-state index contributed by atoms with van der Waals surface area (Å²) in [6, 6.07) is 2.87. The second-order valence-corrected chi connectivity index (χ2v) is 5.07. The van der Waals surface area contributed by atoms with Crippen molar-refractivity contribution < 1.29 is 23.4 Å². The fourth-order valence-corrected chi connectivity index (χ4v) is 2.26. The van der Waals surface area contributed by atoms with Crippen LogP contribution in [0.5, 0.6) is 5.75 Å². The summed E-state index contributed by atoms with van der Waals surface area (Å²) in [5.74, 6) is -2.19. The van der Waals surface area contributed by atoms with E-state index in [0.29, 0.717) is 18.9 Å². The number of hydrogen-bond donors (Lipinski definition) is 2. The van der Waals surface area contributed by atoms with E-state index in [4.69, 9.17) is 4.74 Å². The molecule has 1 fully saturated rings. The van der Waals surface area contributed by atoms with Gasteiger partial charge in [0.25, 0.3) is 5.91 Å². The van der Waals surface area contributed by atoms with E-state index in [-0.39, 0.29) is 18.9 Å². The minimum atomic E-state index is -0.854. The van der Waals surface area contributed by atoms with Crippen LogP contribution in [0.25, 0.3) is 0 Å². The van der Waals surface area contributed by atoms with Gasteiger partial charge in [-0.1, -0.05) is 12.8 Å². The molecule has 1 aromatic rings. The molecule has 0 unspecified atom stereocenters. The Morgan fingerprint density at radius 3 is 2.70 bits per heavy atom. The number of halogens is 2. The van der Waals surface area contributed by atoms with Crippen LogP contribution in [0.4, 0.5) is 8.78 Å². The van der Waals surface area contributed by atoms with Crippen LogP contribution in [0.2, 0.25) is 0 Å². The zero-order valence-electron chi connectivity index (χ0n) is 11.0. The minimum absolute atomic E-state index is 0.168. The van der Waals surface area contributed by atoms with Gasteiger partial charge in [-0.25, -0.2) is 8.78 Å². The number of carbonyl (C=O) groups is 1. The molecule has 1 amide bonds. The van der Waals surface area contributed by atoms with Crippen LogP contribution in [-0.2, 0) is 4.79 Å². The Bertz CT molecular complexity index is 487. The third-order valence-electron chi connectivity index (χ3n) is 3.40. The second kappa shape index (κ2) is 6.17. The Labute approximate surface area is 115 Å². The van der Waals surface area contributed by atoms with Crippen molar-refractivity contribution in [2.45, 2.75) is 31.3 Å². The Kier molecular flexibility index (Phi) is 4.54. The molecule has 1 aliphatic rings. The van der Waals surface area contributed by atoms with E-state index in [0.717, 1.165) is 25.0 Å². The van der Waals surface area contributed by atoms with Crippen molar-refractivity contribution in [2.75, 3.05) is 13.2 Å². The molecule has 1 aliphatic carbocycles. The highest BCUT2D eigenvalue weighted by Gasteiger charge is 2.31. The first kappa shape index (κ1) is 14.7. The predicted molar refractivity (Wildman–Crippen MR) is 68.3 cm³/mol. The van der Waals surface area contributed by atoms with Gasteiger partial charge in [0.1, 0.15) is 5.82 Å². The van der Waals surface area contributed by atoms with E-state index >= 15 is 0 Å². The summed E-state index contributed by atoms with van der Waals surface area (Å²) in [7, 11) is 0. The maximum atomic E-state index is 13.3. The number of ether oxygens (including phenoxy) is 1. The molecule has 4 nitrogen and oxygen atoms in total. The lowest BCUT2D eigenvalue weighted by molar-refractivity contribution is -0.124. The van der Waals surface area contributed by atoms with Crippen molar-refractivity contribution in [3.63, 3.8) is 0 Å². The van der Waals surface area contributed by atoms with Gasteiger partial charge >= 0.3 is 0 Å². The second-order valence-electron chi connectivity index (χ2n) is 5.07. The molecule has 0 bridgehead atoms. The largest absolute Gasteiger partial charge is 0.481 e. The Balaban J connectivity index is 1.77. The lowest BCUT2D eigenvalue weighted by Crippen LogP contribution is -2.42. The molecule has 0 atom stereocenters. The third-order valence-corrected chi connectivity index (χ3v) is 3.40. The van der Waals surface area contributed by atoms with Gasteiger partial charge in [-0.2, -0.15) is 0 Å². The summed E-state index contributed by atoms with van der Waals surface area (Å²) < 4.78 is 30.9. The lowest BCUT2D eigenvalue weighted by Gasteiger charge is -2.22. The maximum Gasteiger partial charge on any atom is 0.258 e. The Morgan fingerprint density at radius 2 is 2.05 bits per heavy atom. The molecule has 1 aromatic carbocycles. The fourth-order valence-electron chi connectivity index (χ4n) is 2.26. The van der Waals surface area contributed by atoms with E-state index in [1.807, 2.05) is 0 Å². The summed E-state index contributed by atoms with van der Waals surface area (Å²) >= 11 is 0. The number of carbonyl (C=O) groups excluding carboxylic acids is 1. The van der Waals surface area contributed by atoms with Gasteiger partial charge in [0, 0.05) is 12.6 Å². The third kappa shape index (κ3) is 3.90. The zero-order valence-corrected chi connectivity index (χ0v) is 11.0. The molecule has 0 aliphatic heterocycles. The van der Waals surface area contributed by atoms with Crippen molar-refractivity contribution in [1.82, 2.24) is 5.32 Å². The van der Waals surface area contributed by atoms with Crippen LogP contribution in [0.3, 0.4) is 0 Å². The number of hydrogen-bond acceptors (Lipinski definition) is 3. The molecule has 20 heavy (non-hydrogen) atoms. The maximum absolute atomic E-state index is 13.3. The lowest BCUT2D eigenvalue weighted by atomic mass is 10.0. The summed E-state index contributed by atoms with van der Waals surface area (Å²) in [4.78, 5) is 11.5. The summed E-state index contributed by atoms with van der Waals surface area (Å²) in [6.07, 6.45) is 3.23. The number of benzene rings is 1. The van der Waals surface area contributed by atoms with Crippen molar-refractivity contribution in [3.8, 4) is 5.75 Å². The highest BCUT2D eigenvalue weighted by molar-refractivity contribution is 5.77. The average Bonchev–Trinajstić information content (AvgIpc) is 2.83. The van der Waals surface area contributed by atoms with Gasteiger partial charge in [0.15, 0.2) is 18.2 Å². The molecule has 110 valence electrons. The molecular weight excluding hydrogens is 268 g/mol. The average molecular weight is 285 g/mol. The first-order valence-corrected chi connectivity index (χ1v) is 6.55. The van der Waals surface area contributed by atoms with Gasteiger partial charge in [0.05, 0.1) is 5.60 Å². The smallest absolute Gasteiger partial charge is 0.258 e. The molecule has 0 heterocycles. The van der Waals surface area contributed by atoms with E-state index < -0.39 is 23.1 Å². The topological polar surface area (TPSA) is 58.6 Å². The van der Waals surface area contributed by atoms with Crippen molar-refractivity contribution in [3.05, 3.63) is 29.8 Å². The number of amides is 1. The Hall–Kier alpha value is -1.69. The standard InChI is InChI=1S/C14H17F2NO3/c15-10-3-4-12(11(16)7-10)20-8-13(18)17-9-14(19)5-1-2-6-14/h3-4,7,19H,1-2,5-6,8-9H2,(H,17,18). The monoisotopic (exact) mass is 285 g/mol. The van der Waals surface area contributed by atoms with Gasteiger partial charge in [-0.3, -0.25) is 4.79 Å². The summed E-state index contributed by atoms with van der Waals surface area (Å²) in [6.45, 7) is -0.209. The van der Waals surface area contributed by atoms with E-state index in [2.05, 4.69) is 5.32 Å². The highest BCUT2D eigenvalue weighted by Crippen LogP contribution is 2.28. The number of rotatable bonds is 5. The van der Waals surface area contributed by atoms with Crippen LogP contribution in [0, 0.1) is 11.6 Å². The molecule has 6 heteroatoms. The first-order chi connectivity index (χ1) is 9.48. The number of aliphatic hydroxyl groups is 1. The van der Waals surface area contributed by atoms with E-state index in [9.17, 15) is 18.7 Å². The van der Waals surface area contributed by atoms with Crippen LogP contribution in [0.1, 0.15) is 25.7 Å². The first-order valence-electron chi connectivity index (χ1n) is 6.55. The van der Waals surface area contributed by atoms with Crippen LogP contribution in [0.15, 0.2) is 18.2 Å². The predicted octanol–water partition coefficient (Wildman–Crippen LogP) is 1.76. The normalized spacial score (nSPS) is 16.9. The molecule has 2 rings (SSSR count). The van der Waals surface area contributed by atoms with Gasteiger partial charge < -0.3 is 15.2 Å². The number of nitrogens with one attached hydrogen (secondary N) is 1. The Morgan fingerprint density at radius 1 is 1.35 bits per heavy atom. The van der Waals surface area contributed by atoms with Gasteiger partial charge in [-0.15, -0.1) is 0 Å². The molecular formula is C14H17F2NO3. The molecule has 1 saturated carbocycles. The van der Waals surface area contributed by atoms with Gasteiger partial charge in [0.2, 0.25) is 0 Å². The molecule has 0 spiro atoms. The van der Waals surface area contributed by atoms with Gasteiger partial charge in [-0.05, 0) is 25.0 Å². The highest BCUT2D eigenvalue weighted by atomic mass is 19.1. The van der Waals surface area contributed by atoms with E-state index in [1.54, 1.807) is 0 Å². The SMILES string of the molecule is O=C(COc1ccc(F)cc1F)NCC1(O)CCCC1. The fraction of sp³-hybridized carbons (Fsp3) is 0.500. The van der Waals surface area contributed by atoms with E-state index in [1.165, 1.54) is 0 Å². The van der Waals surface area contributed by atoms with Crippen molar-refractivity contribution in [2.24, 2.45) is 0 Å². The van der Waals surface area contributed by atoms with Crippen LogP contribution in [-0.4, -0.2) is 29.8 Å². The molecule has 0 aromatic heterocycles. The molecule has 0 saturated heterocycles. The molecule has 0 radical (unpaired) electrons. The summed E-state index contributed by atoms with van der Waals surface area (Å²) in [5, 5.41) is 12.6. The van der Waals surface area contributed by atoms with Crippen LogP contribution >= 0.6 is 0 Å². The minimum Gasteiger partial charge on any atom is -0.481 e.